The van der Waals surface area contributed by atoms with Crippen molar-refractivity contribution in [2.75, 3.05) is 39.4 Å². The van der Waals surface area contributed by atoms with Crippen LogP contribution in [0, 0.1) is 23.1 Å². The Kier molecular flexibility index (Phi) is 11.0. The fourth-order valence-electron chi connectivity index (χ4n) is 5.40. The number of carbonyl (C=O) groups is 1. The first-order chi connectivity index (χ1) is 17.6. The molecule has 0 aromatic heterocycles. The van der Waals surface area contributed by atoms with Crippen molar-refractivity contribution in [1.29, 1.82) is 5.26 Å². The number of amides is 1. The summed E-state index contributed by atoms with van der Waals surface area (Å²) in [6.07, 6.45) is 4.71. The maximum absolute atomic E-state index is 13.2. The van der Waals surface area contributed by atoms with Gasteiger partial charge in [0.15, 0.2) is 11.5 Å². The van der Waals surface area contributed by atoms with E-state index in [1.54, 1.807) is 30.3 Å². The molecule has 3 aliphatic heterocycles. The van der Waals surface area contributed by atoms with E-state index in [0.717, 1.165) is 50.9 Å². The summed E-state index contributed by atoms with van der Waals surface area (Å²) >= 11 is 0. The van der Waals surface area contributed by atoms with Gasteiger partial charge in [-0.1, -0.05) is 12.1 Å². The molecule has 1 amide bonds. The number of hydrogen-bond donors (Lipinski definition) is 0. The van der Waals surface area contributed by atoms with Crippen LogP contribution in [0.2, 0.25) is 0 Å². The van der Waals surface area contributed by atoms with E-state index in [1.807, 2.05) is 4.90 Å². The number of halogens is 1. The number of nitrogens with zero attached hydrogens (tertiary/aromatic N) is 3. The van der Waals surface area contributed by atoms with Gasteiger partial charge in [-0.25, -0.2) is 9.18 Å². The smallest absolute Gasteiger partial charge is 0.410 e. The van der Waals surface area contributed by atoms with E-state index in [2.05, 4.69) is 11.0 Å². The predicted octanol–water partition coefficient (Wildman–Crippen LogP) is 4.62. The molecule has 2 aromatic rings. The summed E-state index contributed by atoms with van der Waals surface area (Å²) in [6, 6.07) is 13.9. The van der Waals surface area contributed by atoms with Gasteiger partial charge in [0.25, 0.3) is 0 Å². The van der Waals surface area contributed by atoms with Crippen molar-refractivity contribution in [1.82, 2.24) is 9.80 Å². The van der Waals surface area contributed by atoms with E-state index >= 15 is 0 Å². The molecular weight excluding hydrogens is 525 g/mol. The SMILES string of the molecule is N#Cc1ccc2c(c1)O[C@@H](CN1CCC(CCCN3C(=O)OC[C@@H]3Cc3ccc(F)cc3)CC1)CO2.S.S. The Bertz CT molecular complexity index is 1110. The van der Waals surface area contributed by atoms with E-state index in [-0.39, 0.29) is 51.0 Å². The quantitative estimate of drug-likeness (QED) is 0.468. The van der Waals surface area contributed by atoms with Crippen LogP contribution in [0.15, 0.2) is 42.5 Å². The Morgan fingerprint density at radius 2 is 1.76 bits per heavy atom. The lowest BCUT2D eigenvalue weighted by molar-refractivity contribution is 0.0469. The van der Waals surface area contributed by atoms with E-state index in [4.69, 9.17) is 19.5 Å². The van der Waals surface area contributed by atoms with E-state index < -0.39 is 0 Å². The van der Waals surface area contributed by atoms with E-state index in [9.17, 15) is 9.18 Å². The second-order valence-corrected chi connectivity index (χ2v) is 9.97. The topological polar surface area (TPSA) is 75.0 Å². The number of piperidine rings is 1. The predicted molar refractivity (Wildman–Crippen MR) is 152 cm³/mol. The molecule has 0 unspecified atom stereocenters. The zero-order chi connectivity index (χ0) is 24.9. The van der Waals surface area contributed by atoms with Crippen LogP contribution >= 0.6 is 27.0 Å². The number of fused-ring (bicyclic) bond motifs is 1. The second kappa shape index (κ2) is 14.0. The van der Waals surface area contributed by atoms with Gasteiger partial charge < -0.3 is 19.1 Å². The third kappa shape index (κ3) is 7.49. The number of rotatable bonds is 8. The number of likely N-dealkylation sites (tertiary alicyclic amines) is 1. The van der Waals surface area contributed by atoms with Gasteiger partial charge in [-0.2, -0.15) is 32.3 Å². The second-order valence-electron chi connectivity index (χ2n) is 9.97. The molecule has 0 bridgehead atoms. The van der Waals surface area contributed by atoms with Gasteiger partial charge in [-0.05, 0) is 80.9 Å². The third-order valence-electron chi connectivity index (χ3n) is 7.43. The number of benzene rings is 2. The van der Waals surface area contributed by atoms with Crippen molar-refractivity contribution in [3.63, 3.8) is 0 Å². The summed E-state index contributed by atoms with van der Waals surface area (Å²) in [7, 11) is 0. The summed E-state index contributed by atoms with van der Waals surface area (Å²) in [5.74, 6) is 1.75. The lowest BCUT2D eigenvalue weighted by atomic mass is 9.92. The van der Waals surface area contributed by atoms with Crippen LogP contribution in [0.25, 0.3) is 0 Å². The maximum Gasteiger partial charge on any atom is 0.410 e. The zero-order valence-corrected chi connectivity index (χ0v) is 23.4. The maximum atomic E-state index is 13.2. The fourth-order valence-corrected chi connectivity index (χ4v) is 5.40. The highest BCUT2D eigenvalue weighted by Crippen LogP contribution is 2.33. The van der Waals surface area contributed by atoms with E-state index in [1.165, 1.54) is 12.1 Å². The molecule has 2 fully saturated rings. The Labute approximate surface area is 237 Å². The van der Waals surface area contributed by atoms with Gasteiger partial charge >= 0.3 is 6.09 Å². The van der Waals surface area contributed by atoms with E-state index in [0.29, 0.717) is 49.2 Å². The summed E-state index contributed by atoms with van der Waals surface area (Å²) in [5, 5.41) is 9.12. The van der Waals surface area contributed by atoms with Gasteiger partial charge in [-0.3, -0.25) is 4.90 Å². The minimum absolute atomic E-state index is 0. The third-order valence-corrected chi connectivity index (χ3v) is 7.43. The molecule has 3 heterocycles. The first-order valence-electron chi connectivity index (χ1n) is 12.8. The molecule has 0 aliphatic carbocycles. The van der Waals surface area contributed by atoms with Gasteiger partial charge in [0.05, 0.1) is 17.7 Å². The van der Waals surface area contributed by atoms with Crippen molar-refractivity contribution in [2.45, 2.75) is 44.2 Å². The molecule has 2 aromatic carbocycles. The number of cyclic esters (lactones) is 1. The number of hydrogen-bond acceptors (Lipinski definition) is 6. The number of nitriles is 1. The zero-order valence-electron chi connectivity index (χ0n) is 21.4. The highest BCUT2D eigenvalue weighted by atomic mass is 32.1. The Balaban J connectivity index is 0.00000200. The first kappa shape index (κ1) is 29.9. The Morgan fingerprint density at radius 1 is 1.00 bits per heavy atom. The van der Waals surface area contributed by atoms with Crippen LogP contribution in [0.3, 0.4) is 0 Å². The van der Waals surface area contributed by atoms with Crippen LogP contribution < -0.4 is 9.47 Å². The summed E-state index contributed by atoms with van der Waals surface area (Å²) < 4.78 is 30.4. The number of ether oxygens (including phenoxy) is 3. The van der Waals surface area contributed by atoms with Crippen molar-refractivity contribution < 1.29 is 23.4 Å². The van der Waals surface area contributed by atoms with Crippen LogP contribution in [0.5, 0.6) is 11.5 Å². The number of carbonyl (C=O) groups excluding carboxylic acids is 1. The van der Waals surface area contributed by atoms with Gasteiger partial charge in [0.1, 0.15) is 25.1 Å². The van der Waals surface area contributed by atoms with Crippen LogP contribution in [0.4, 0.5) is 9.18 Å². The molecule has 0 spiro atoms. The normalized spacial score (nSPS) is 21.2. The molecule has 0 radical (unpaired) electrons. The highest BCUT2D eigenvalue weighted by molar-refractivity contribution is 7.59. The minimum atomic E-state index is -0.250. The fraction of sp³-hybridized carbons (Fsp3) is 0.500. The summed E-state index contributed by atoms with van der Waals surface area (Å²) in [5.41, 5.74) is 1.58. The summed E-state index contributed by atoms with van der Waals surface area (Å²) in [4.78, 5) is 16.5. The molecule has 0 saturated carbocycles. The molecule has 2 saturated heterocycles. The van der Waals surface area contributed by atoms with Crippen molar-refractivity contribution in [2.24, 2.45) is 5.92 Å². The average molecular weight is 562 g/mol. The lowest BCUT2D eigenvalue weighted by Crippen LogP contribution is -2.44. The average Bonchev–Trinajstić information content (AvgIpc) is 3.24. The van der Waals surface area contributed by atoms with Crippen molar-refractivity contribution in [3.8, 4) is 17.6 Å². The van der Waals surface area contributed by atoms with Crippen LogP contribution in [-0.4, -0.2) is 67.4 Å². The molecular formula is C28H36FN3O4S2. The standard InChI is InChI=1S/C28H32FN3O4.2H2S/c29-23-6-3-21(4-7-23)14-24-18-35-28(33)32(24)11-1-2-20-9-12-31(13-10-20)17-25-19-34-26-8-5-22(16-30)15-27(26)36-25;;/h3-8,15,20,24-25H,1-2,9-14,17-19H2;2*1H2/t24-,25-;;/m0../s1. The van der Waals surface area contributed by atoms with Crippen molar-refractivity contribution >= 4 is 33.1 Å². The monoisotopic (exact) mass is 561 g/mol. The summed E-state index contributed by atoms with van der Waals surface area (Å²) in [6.45, 7) is 4.46. The Hall–Kier alpha value is -2.61. The Morgan fingerprint density at radius 3 is 2.50 bits per heavy atom. The molecule has 3 aliphatic rings. The molecule has 10 heteroatoms. The van der Waals surface area contributed by atoms with Gasteiger partial charge in [0, 0.05) is 19.2 Å². The minimum Gasteiger partial charge on any atom is -0.486 e. The van der Waals surface area contributed by atoms with Crippen LogP contribution in [-0.2, 0) is 11.2 Å². The molecule has 2 atom stereocenters. The van der Waals surface area contributed by atoms with Crippen molar-refractivity contribution in [3.05, 3.63) is 59.4 Å². The first-order valence-corrected chi connectivity index (χ1v) is 12.8. The molecule has 5 rings (SSSR count). The highest BCUT2D eigenvalue weighted by Gasteiger charge is 2.33. The van der Waals surface area contributed by atoms with Gasteiger partial charge in [0.2, 0.25) is 0 Å². The largest absolute Gasteiger partial charge is 0.486 e. The molecule has 206 valence electrons. The molecule has 7 nitrogen and oxygen atoms in total. The molecule has 0 N–H and O–H groups in total. The van der Waals surface area contributed by atoms with Gasteiger partial charge in [-0.15, -0.1) is 0 Å². The molecule has 38 heavy (non-hydrogen) atoms. The van der Waals surface area contributed by atoms with Crippen LogP contribution in [0.1, 0.15) is 36.8 Å². The lowest BCUT2D eigenvalue weighted by Gasteiger charge is -2.36.